The van der Waals surface area contributed by atoms with Crippen molar-refractivity contribution in [1.29, 1.82) is 0 Å². The van der Waals surface area contributed by atoms with Gasteiger partial charge in [-0.2, -0.15) is 0 Å². The van der Waals surface area contributed by atoms with Crippen LogP contribution in [0.5, 0.6) is 23.0 Å². The Morgan fingerprint density at radius 3 is 2.68 bits per heavy atom. The van der Waals surface area contributed by atoms with E-state index in [4.69, 9.17) is 18.9 Å². The highest BCUT2D eigenvalue weighted by atomic mass is 16.5. The van der Waals surface area contributed by atoms with Crippen molar-refractivity contribution in [2.75, 3.05) is 27.4 Å². The molecule has 5 heteroatoms. The molecule has 0 fully saturated rings. The minimum absolute atomic E-state index is 0.0983. The van der Waals surface area contributed by atoms with Gasteiger partial charge in [0.15, 0.2) is 23.0 Å². The Balaban J connectivity index is 2.02. The summed E-state index contributed by atoms with van der Waals surface area (Å²) in [6.07, 6.45) is 0. The molecule has 1 N–H and O–H groups in total. The van der Waals surface area contributed by atoms with Gasteiger partial charge in [-0.15, -0.1) is 0 Å². The van der Waals surface area contributed by atoms with Crippen LogP contribution in [0.1, 0.15) is 5.56 Å². The zero-order valence-corrected chi connectivity index (χ0v) is 12.7. The smallest absolute Gasteiger partial charge is 0.169 e. The zero-order chi connectivity index (χ0) is 15.8. The SMILES string of the molecule is COCCOc1ccc[c]c1OCc1ccc(O)c(OC)c1. The van der Waals surface area contributed by atoms with Crippen LogP contribution in [0.2, 0.25) is 0 Å². The normalized spacial score (nSPS) is 10.3. The number of hydrogen-bond acceptors (Lipinski definition) is 5. The van der Waals surface area contributed by atoms with E-state index in [-0.39, 0.29) is 5.75 Å². The quantitative estimate of drug-likeness (QED) is 0.760. The second kappa shape index (κ2) is 8.14. The molecule has 2 aromatic rings. The van der Waals surface area contributed by atoms with Crippen LogP contribution in [0.3, 0.4) is 0 Å². The van der Waals surface area contributed by atoms with Gasteiger partial charge in [-0.25, -0.2) is 0 Å². The van der Waals surface area contributed by atoms with Crippen LogP contribution in [-0.2, 0) is 11.3 Å². The summed E-state index contributed by atoms with van der Waals surface area (Å²) in [5.41, 5.74) is 0.870. The maximum Gasteiger partial charge on any atom is 0.169 e. The van der Waals surface area contributed by atoms with Crippen LogP contribution in [0.4, 0.5) is 0 Å². The van der Waals surface area contributed by atoms with E-state index in [0.29, 0.717) is 37.1 Å². The lowest BCUT2D eigenvalue weighted by Gasteiger charge is -2.12. The van der Waals surface area contributed by atoms with E-state index in [0.717, 1.165) is 5.56 Å². The third-order valence-electron chi connectivity index (χ3n) is 2.95. The van der Waals surface area contributed by atoms with Gasteiger partial charge in [-0.05, 0) is 23.8 Å². The number of rotatable bonds is 8. The molecule has 0 atom stereocenters. The highest BCUT2D eigenvalue weighted by Gasteiger charge is 2.07. The summed E-state index contributed by atoms with van der Waals surface area (Å²) in [4.78, 5) is 0. The Kier molecular flexibility index (Phi) is 5.91. The number of ether oxygens (including phenoxy) is 4. The zero-order valence-electron chi connectivity index (χ0n) is 12.7. The van der Waals surface area contributed by atoms with E-state index in [9.17, 15) is 5.11 Å². The number of hydrogen-bond donors (Lipinski definition) is 1. The van der Waals surface area contributed by atoms with Crippen LogP contribution in [0.25, 0.3) is 0 Å². The fourth-order valence-corrected chi connectivity index (χ4v) is 1.83. The van der Waals surface area contributed by atoms with Gasteiger partial charge < -0.3 is 24.1 Å². The molecular weight excluding hydrogens is 284 g/mol. The van der Waals surface area contributed by atoms with E-state index < -0.39 is 0 Å². The van der Waals surface area contributed by atoms with Crippen molar-refractivity contribution in [3.05, 3.63) is 48.0 Å². The van der Waals surface area contributed by atoms with Crippen molar-refractivity contribution < 1.29 is 24.1 Å². The van der Waals surface area contributed by atoms with Gasteiger partial charge in [0.05, 0.1) is 13.7 Å². The average molecular weight is 303 g/mol. The fraction of sp³-hybridized carbons (Fsp3) is 0.294. The third-order valence-corrected chi connectivity index (χ3v) is 2.95. The van der Waals surface area contributed by atoms with E-state index in [2.05, 4.69) is 6.07 Å². The lowest BCUT2D eigenvalue weighted by molar-refractivity contribution is 0.143. The summed E-state index contributed by atoms with van der Waals surface area (Å²) in [7, 11) is 3.13. The van der Waals surface area contributed by atoms with Crippen molar-refractivity contribution in [1.82, 2.24) is 0 Å². The van der Waals surface area contributed by atoms with E-state index >= 15 is 0 Å². The first-order valence-corrected chi connectivity index (χ1v) is 6.85. The number of methoxy groups -OCH3 is 2. The van der Waals surface area contributed by atoms with Gasteiger partial charge in [0, 0.05) is 13.2 Å². The van der Waals surface area contributed by atoms with Crippen LogP contribution in [-0.4, -0.2) is 32.5 Å². The molecule has 0 bridgehead atoms. The molecule has 0 heterocycles. The number of phenols is 1. The molecule has 0 amide bonds. The first-order chi connectivity index (χ1) is 10.7. The fourth-order valence-electron chi connectivity index (χ4n) is 1.83. The molecule has 0 saturated heterocycles. The van der Waals surface area contributed by atoms with Crippen molar-refractivity contribution in [2.45, 2.75) is 6.61 Å². The average Bonchev–Trinajstić information content (AvgIpc) is 2.55. The van der Waals surface area contributed by atoms with Crippen LogP contribution >= 0.6 is 0 Å². The van der Waals surface area contributed by atoms with Gasteiger partial charge in [-0.3, -0.25) is 0 Å². The van der Waals surface area contributed by atoms with Crippen LogP contribution < -0.4 is 14.2 Å². The van der Waals surface area contributed by atoms with Crippen LogP contribution in [0, 0.1) is 6.07 Å². The summed E-state index contributed by atoms with van der Waals surface area (Å²) in [6.45, 7) is 1.26. The Morgan fingerprint density at radius 2 is 1.91 bits per heavy atom. The van der Waals surface area contributed by atoms with Crippen molar-refractivity contribution >= 4 is 0 Å². The Labute approximate surface area is 130 Å². The minimum atomic E-state index is 0.0983. The summed E-state index contributed by atoms with van der Waals surface area (Å²) in [5.74, 6) is 1.66. The summed E-state index contributed by atoms with van der Waals surface area (Å²) < 4.78 is 21.3. The Morgan fingerprint density at radius 1 is 1.05 bits per heavy atom. The Hall–Kier alpha value is -2.40. The van der Waals surface area contributed by atoms with Crippen molar-refractivity contribution in [2.24, 2.45) is 0 Å². The topological polar surface area (TPSA) is 57.2 Å². The molecule has 0 unspecified atom stereocenters. The predicted molar refractivity (Wildman–Crippen MR) is 81.6 cm³/mol. The molecule has 0 aliphatic rings. The molecule has 117 valence electrons. The van der Waals surface area contributed by atoms with Crippen molar-refractivity contribution in [3.8, 4) is 23.0 Å². The van der Waals surface area contributed by atoms with Gasteiger partial charge in [0.1, 0.15) is 13.2 Å². The van der Waals surface area contributed by atoms with E-state index in [1.54, 1.807) is 31.4 Å². The summed E-state index contributed by atoms with van der Waals surface area (Å²) >= 11 is 0. The maximum absolute atomic E-state index is 9.58. The lowest BCUT2D eigenvalue weighted by Crippen LogP contribution is -2.06. The van der Waals surface area contributed by atoms with Gasteiger partial charge >= 0.3 is 0 Å². The number of benzene rings is 2. The molecule has 1 radical (unpaired) electrons. The molecule has 0 aromatic heterocycles. The third kappa shape index (κ3) is 4.30. The van der Waals surface area contributed by atoms with Gasteiger partial charge in [-0.1, -0.05) is 18.2 Å². The molecular formula is C17H19O5. The number of aromatic hydroxyl groups is 1. The number of phenolic OH excluding ortho intramolecular Hbond substituents is 1. The molecule has 2 rings (SSSR count). The summed E-state index contributed by atoms with van der Waals surface area (Å²) in [6, 6.07) is 13.5. The molecule has 5 nitrogen and oxygen atoms in total. The Bertz CT molecular complexity index is 597. The highest BCUT2D eigenvalue weighted by molar-refractivity contribution is 5.42. The predicted octanol–water partition coefficient (Wildman–Crippen LogP) is 2.81. The highest BCUT2D eigenvalue weighted by Crippen LogP contribution is 2.29. The second-order valence-electron chi connectivity index (χ2n) is 4.50. The lowest BCUT2D eigenvalue weighted by atomic mass is 10.2. The van der Waals surface area contributed by atoms with Crippen molar-refractivity contribution in [3.63, 3.8) is 0 Å². The summed E-state index contributed by atoms with van der Waals surface area (Å²) in [5, 5.41) is 9.58. The minimum Gasteiger partial charge on any atom is -0.504 e. The number of para-hydroxylation sites is 1. The largest absolute Gasteiger partial charge is 0.504 e. The first kappa shape index (κ1) is 16.0. The monoisotopic (exact) mass is 303 g/mol. The van der Waals surface area contributed by atoms with Crippen LogP contribution in [0.15, 0.2) is 36.4 Å². The first-order valence-electron chi connectivity index (χ1n) is 6.85. The second-order valence-corrected chi connectivity index (χ2v) is 4.50. The van der Waals surface area contributed by atoms with E-state index in [1.165, 1.54) is 7.11 Å². The van der Waals surface area contributed by atoms with E-state index in [1.807, 2.05) is 12.1 Å². The van der Waals surface area contributed by atoms with Gasteiger partial charge in [0.25, 0.3) is 0 Å². The molecule has 22 heavy (non-hydrogen) atoms. The maximum atomic E-state index is 9.58. The molecule has 0 saturated carbocycles. The molecule has 0 aliphatic carbocycles. The molecule has 0 spiro atoms. The molecule has 2 aromatic carbocycles. The standard InChI is InChI=1S/C17H19O5/c1-19-9-10-21-15-5-3-4-6-16(15)22-12-13-7-8-14(18)17(11-13)20-2/h3-5,7-8,11,18H,9-10,12H2,1-2H3. The van der Waals surface area contributed by atoms with Gasteiger partial charge in [0.2, 0.25) is 0 Å². The molecule has 0 aliphatic heterocycles.